The Morgan fingerprint density at radius 3 is 1.81 bits per heavy atom. The van der Waals surface area contributed by atoms with Gasteiger partial charge in [0.25, 0.3) is 0 Å². The number of aliphatic carboxylic acids is 1. The third-order valence-electron chi connectivity index (χ3n) is 9.61. The lowest BCUT2D eigenvalue weighted by Gasteiger charge is -2.52. The predicted molar refractivity (Wildman–Crippen MR) is 189 cm³/mol. The van der Waals surface area contributed by atoms with Crippen molar-refractivity contribution in [1.82, 2.24) is 10.6 Å². The van der Waals surface area contributed by atoms with Crippen molar-refractivity contribution >= 4 is 23.5 Å². The molecule has 0 bridgehead atoms. The molecule has 0 amide bonds. The van der Waals surface area contributed by atoms with Gasteiger partial charge in [0.1, 0.15) is 0 Å². The number of esters is 1. The summed E-state index contributed by atoms with van der Waals surface area (Å²) in [5.74, 6) is -2.57. The van der Waals surface area contributed by atoms with Crippen LogP contribution in [0.5, 0.6) is 0 Å². The van der Waals surface area contributed by atoms with E-state index < -0.39 is 34.3 Å². The van der Waals surface area contributed by atoms with Gasteiger partial charge in [0.2, 0.25) is 0 Å². The number of ether oxygens (including phenoxy) is 2. The van der Waals surface area contributed by atoms with Crippen molar-refractivity contribution in [2.24, 2.45) is 5.41 Å². The number of carboxylic acid groups (broad SMARTS) is 1. The van der Waals surface area contributed by atoms with Crippen LogP contribution in [0.3, 0.4) is 0 Å². The molecular formula is C40H43ClN2O5. The Morgan fingerprint density at radius 1 is 0.833 bits per heavy atom. The summed E-state index contributed by atoms with van der Waals surface area (Å²) in [6.07, 6.45) is 0. The first-order valence-corrected chi connectivity index (χ1v) is 16.6. The molecule has 0 aromatic heterocycles. The quantitative estimate of drug-likeness (QED) is 0.0782. The van der Waals surface area contributed by atoms with Crippen molar-refractivity contribution in [3.63, 3.8) is 0 Å². The molecule has 0 saturated heterocycles. The number of carbonyl (C=O) groups excluding carboxylic acids is 1. The van der Waals surface area contributed by atoms with E-state index >= 15 is 0 Å². The van der Waals surface area contributed by atoms with E-state index in [1.807, 2.05) is 68.4 Å². The van der Waals surface area contributed by atoms with Crippen LogP contribution in [-0.2, 0) is 24.6 Å². The Kier molecular flexibility index (Phi) is 10.7. The van der Waals surface area contributed by atoms with Crippen LogP contribution in [0.2, 0.25) is 5.02 Å². The number of halogens is 1. The first-order chi connectivity index (χ1) is 23.1. The van der Waals surface area contributed by atoms with Crippen molar-refractivity contribution in [3.8, 4) is 0 Å². The summed E-state index contributed by atoms with van der Waals surface area (Å²) >= 11 is 6.69. The minimum atomic E-state index is -1.47. The molecule has 0 fully saturated rings. The van der Waals surface area contributed by atoms with Gasteiger partial charge in [0, 0.05) is 28.7 Å². The lowest BCUT2D eigenvalue weighted by Crippen LogP contribution is -2.63. The number of benzene rings is 4. The van der Waals surface area contributed by atoms with E-state index in [1.165, 1.54) is 0 Å². The molecule has 0 radical (unpaired) electrons. The predicted octanol–water partition coefficient (Wildman–Crippen LogP) is 7.31. The zero-order chi connectivity index (χ0) is 34.4. The smallest absolute Gasteiger partial charge is 0.336 e. The maximum Gasteiger partial charge on any atom is 0.336 e. The van der Waals surface area contributed by atoms with Crippen molar-refractivity contribution in [1.29, 1.82) is 0 Å². The van der Waals surface area contributed by atoms with E-state index in [0.29, 0.717) is 29.4 Å². The largest absolute Gasteiger partial charge is 0.481 e. The van der Waals surface area contributed by atoms with Gasteiger partial charge in [0.15, 0.2) is 0 Å². The highest BCUT2D eigenvalue weighted by atomic mass is 35.5. The Balaban J connectivity index is 1.49. The molecule has 2 unspecified atom stereocenters. The normalized spacial score (nSPS) is 19.0. The molecule has 8 heteroatoms. The summed E-state index contributed by atoms with van der Waals surface area (Å²) in [7, 11) is 0. The highest BCUT2D eigenvalue weighted by Gasteiger charge is 2.59. The summed E-state index contributed by atoms with van der Waals surface area (Å²) in [5.41, 5.74) is 1.34. The highest BCUT2D eigenvalue weighted by molar-refractivity contribution is 6.31. The fourth-order valence-corrected chi connectivity index (χ4v) is 7.13. The van der Waals surface area contributed by atoms with E-state index in [-0.39, 0.29) is 18.8 Å². The summed E-state index contributed by atoms with van der Waals surface area (Å²) in [6, 6.07) is 38.0. The van der Waals surface area contributed by atoms with Gasteiger partial charge in [-0.25, -0.2) is 4.79 Å². The van der Waals surface area contributed by atoms with Gasteiger partial charge in [-0.1, -0.05) is 121 Å². The molecule has 0 saturated carbocycles. The number of carboxylic acids is 1. The molecule has 1 aliphatic rings. The van der Waals surface area contributed by atoms with E-state index in [4.69, 9.17) is 21.1 Å². The third-order valence-corrected chi connectivity index (χ3v) is 9.96. The Bertz CT molecular complexity index is 1650. The average molecular weight is 667 g/mol. The topological polar surface area (TPSA) is 96.9 Å². The van der Waals surface area contributed by atoms with Gasteiger partial charge >= 0.3 is 11.9 Å². The van der Waals surface area contributed by atoms with Gasteiger partial charge < -0.3 is 19.9 Å². The minimum Gasteiger partial charge on any atom is -0.481 e. The molecule has 250 valence electrons. The van der Waals surface area contributed by atoms with E-state index in [9.17, 15) is 14.7 Å². The average Bonchev–Trinajstić information content (AvgIpc) is 3.09. The van der Waals surface area contributed by atoms with Crippen LogP contribution in [0.1, 0.15) is 55.9 Å². The van der Waals surface area contributed by atoms with Crippen molar-refractivity contribution in [2.75, 3.05) is 26.4 Å². The van der Waals surface area contributed by atoms with E-state index in [2.05, 4.69) is 47.0 Å². The Hall–Kier alpha value is -4.43. The molecule has 7 nitrogen and oxygen atoms in total. The highest BCUT2D eigenvalue weighted by Crippen LogP contribution is 2.53. The maximum atomic E-state index is 13.7. The summed E-state index contributed by atoms with van der Waals surface area (Å²) < 4.78 is 11.8. The van der Waals surface area contributed by atoms with Crippen LogP contribution in [0.25, 0.3) is 0 Å². The second-order valence-corrected chi connectivity index (χ2v) is 13.1. The molecule has 4 aromatic carbocycles. The maximum absolute atomic E-state index is 13.7. The second kappa shape index (κ2) is 14.8. The van der Waals surface area contributed by atoms with Crippen LogP contribution in [0.15, 0.2) is 127 Å². The summed E-state index contributed by atoms with van der Waals surface area (Å²) in [4.78, 5) is 26.8. The summed E-state index contributed by atoms with van der Waals surface area (Å²) in [6.45, 7) is 7.93. The number of rotatable bonds is 13. The van der Waals surface area contributed by atoms with Crippen molar-refractivity contribution in [3.05, 3.63) is 154 Å². The Morgan fingerprint density at radius 2 is 1.33 bits per heavy atom. The standard InChI is InChI=1S/C40H43ClN2O5/c1-5-48-36(44)34-33(43-38(2,3)39(4,37(45)46)35(34)31-23-15-16-24-32(31)41)27-47-26-25-42-40(28-17-9-6-10-18-28,29-19-11-7-12-20-29)30-21-13-8-14-22-30/h6-24,35,42-43H,5,25-27H2,1-4H3,(H,45,46). The zero-order valence-corrected chi connectivity index (χ0v) is 28.6. The van der Waals surface area contributed by atoms with E-state index in [1.54, 1.807) is 38.1 Å². The van der Waals surface area contributed by atoms with Crippen LogP contribution < -0.4 is 10.6 Å². The lowest BCUT2D eigenvalue weighted by molar-refractivity contribution is -0.155. The van der Waals surface area contributed by atoms with Gasteiger partial charge in [-0.15, -0.1) is 0 Å². The van der Waals surface area contributed by atoms with Gasteiger partial charge in [-0.3, -0.25) is 10.1 Å². The minimum absolute atomic E-state index is 0.0327. The molecule has 2 atom stereocenters. The monoisotopic (exact) mass is 666 g/mol. The van der Waals surface area contributed by atoms with Crippen LogP contribution in [0.4, 0.5) is 0 Å². The molecule has 48 heavy (non-hydrogen) atoms. The third kappa shape index (κ3) is 6.50. The molecule has 3 N–H and O–H groups in total. The van der Waals surface area contributed by atoms with Gasteiger partial charge in [-0.2, -0.15) is 0 Å². The molecule has 1 heterocycles. The first-order valence-electron chi connectivity index (χ1n) is 16.2. The molecule has 4 aromatic rings. The fourth-order valence-electron chi connectivity index (χ4n) is 6.88. The molecule has 5 rings (SSSR count). The van der Waals surface area contributed by atoms with Gasteiger partial charge in [0.05, 0.1) is 36.3 Å². The number of hydrogen-bond acceptors (Lipinski definition) is 6. The first kappa shape index (κ1) is 34.9. The fraction of sp³-hybridized carbons (Fsp3) is 0.300. The molecule has 0 aliphatic carbocycles. The summed E-state index contributed by atoms with van der Waals surface area (Å²) in [5, 5.41) is 18.2. The van der Waals surface area contributed by atoms with Crippen molar-refractivity contribution < 1.29 is 24.2 Å². The van der Waals surface area contributed by atoms with Crippen LogP contribution in [-0.4, -0.2) is 48.9 Å². The Labute approximate surface area is 287 Å². The van der Waals surface area contributed by atoms with Crippen LogP contribution >= 0.6 is 11.6 Å². The van der Waals surface area contributed by atoms with Crippen molar-refractivity contribution in [2.45, 2.75) is 44.7 Å². The second-order valence-electron chi connectivity index (χ2n) is 12.7. The molecule has 1 aliphatic heterocycles. The number of hydrogen-bond donors (Lipinski definition) is 3. The van der Waals surface area contributed by atoms with Crippen LogP contribution in [0, 0.1) is 5.41 Å². The zero-order valence-electron chi connectivity index (χ0n) is 27.8. The van der Waals surface area contributed by atoms with Gasteiger partial charge in [-0.05, 0) is 56.0 Å². The van der Waals surface area contributed by atoms with E-state index in [0.717, 1.165) is 16.7 Å². The number of nitrogens with one attached hydrogen (secondary N) is 2. The molecule has 0 spiro atoms. The number of carbonyl (C=O) groups is 2. The lowest BCUT2D eigenvalue weighted by atomic mass is 9.57. The SMILES string of the molecule is CCOC(=O)C1=C(COCCNC(c2ccccc2)(c2ccccc2)c2ccccc2)NC(C)(C)C(C)(C(=O)O)C1c1ccccc1Cl. The molecular weight excluding hydrogens is 624 g/mol.